The molecule has 1 aromatic carbocycles. The van der Waals surface area contributed by atoms with Gasteiger partial charge in [0.25, 0.3) is 0 Å². The molecule has 1 aliphatic rings. The van der Waals surface area contributed by atoms with Gasteiger partial charge in [0, 0.05) is 6.61 Å². The number of hydrogen-bond acceptors (Lipinski definition) is 4. The van der Waals surface area contributed by atoms with Crippen LogP contribution in [-0.4, -0.2) is 27.0 Å². The SMILES string of the molecule is CC1OCCC1C(=O)Nc1cc(S(N)(=O)=O)ccc1Cl. The first-order valence-corrected chi connectivity index (χ1v) is 7.96. The van der Waals surface area contributed by atoms with E-state index in [0.29, 0.717) is 13.0 Å². The average molecular weight is 319 g/mol. The van der Waals surface area contributed by atoms with Gasteiger partial charge in [0.15, 0.2) is 0 Å². The van der Waals surface area contributed by atoms with Crippen molar-refractivity contribution in [1.29, 1.82) is 0 Å². The van der Waals surface area contributed by atoms with Gasteiger partial charge in [0.1, 0.15) is 0 Å². The molecular weight excluding hydrogens is 304 g/mol. The van der Waals surface area contributed by atoms with Crippen molar-refractivity contribution in [2.45, 2.75) is 24.3 Å². The Labute approximate surface area is 122 Å². The molecule has 0 aromatic heterocycles. The number of sulfonamides is 1. The first kappa shape index (κ1) is 15.2. The van der Waals surface area contributed by atoms with Gasteiger partial charge < -0.3 is 10.1 Å². The number of rotatable bonds is 3. The van der Waals surface area contributed by atoms with Crippen molar-refractivity contribution in [3.8, 4) is 0 Å². The molecular formula is C12H15ClN2O4S. The monoisotopic (exact) mass is 318 g/mol. The second-order valence-corrected chi connectivity index (χ2v) is 6.62. The van der Waals surface area contributed by atoms with Crippen LogP contribution >= 0.6 is 11.6 Å². The number of carbonyl (C=O) groups is 1. The normalized spacial score (nSPS) is 22.8. The Morgan fingerprint density at radius 2 is 2.20 bits per heavy atom. The largest absolute Gasteiger partial charge is 0.378 e. The van der Waals surface area contributed by atoms with Gasteiger partial charge in [-0.05, 0) is 31.5 Å². The second kappa shape index (κ2) is 5.69. The first-order chi connectivity index (χ1) is 9.29. The molecule has 0 spiro atoms. The zero-order valence-corrected chi connectivity index (χ0v) is 12.4. The molecule has 0 radical (unpaired) electrons. The molecule has 110 valence electrons. The molecule has 6 nitrogen and oxygen atoms in total. The average Bonchev–Trinajstić information content (AvgIpc) is 2.77. The van der Waals surface area contributed by atoms with Crippen LogP contribution in [0.2, 0.25) is 5.02 Å². The standard InChI is InChI=1S/C12H15ClN2O4S/c1-7-9(4-5-19-7)12(16)15-11-6-8(20(14,17)18)2-3-10(11)13/h2-3,6-7,9H,4-5H2,1H3,(H,15,16)(H2,14,17,18). The summed E-state index contributed by atoms with van der Waals surface area (Å²) in [6.45, 7) is 2.35. The molecule has 1 aliphatic heterocycles. The molecule has 1 saturated heterocycles. The van der Waals surface area contributed by atoms with E-state index in [9.17, 15) is 13.2 Å². The van der Waals surface area contributed by atoms with E-state index < -0.39 is 10.0 Å². The van der Waals surface area contributed by atoms with Crippen LogP contribution in [0.5, 0.6) is 0 Å². The van der Waals surface area contributed by atoms with Gasteiger partial charge in [-0.2, -0.15) is 0 Å². The summed E-state index contributed by atoms with van der Waals surface area (Å²) in [5, 5.41) is 7.92. The summed E-state index contributed by atoms with van der Waals surface area (Å²) in [4.78, 5) is 12.0. The molecule has 2 rings (SSSR count). The number of nitrogens with one attached hydrogen (secondary N) is 1. The lowest BCUT2D eigenvalue weighted by molar-refractivity contribution is -0.121. The molecule has 2 unspecified atom stereocenters. The van der Waals surface area contributed by atoms with Crippen LogP contribution in [0.3, 0.4) is 0 Å². The smallest absolute Gasteiger partial charge is 0.238 e. The molecule has 1 aromatic rings. The molecule has 1 heterocycles. The maximum Gasteiger partial charge on any atom is 0.238 e. The number of hydrogen-bond donors (Lipinski definition) is 2. The minimum Gasteiger partial charge on any atom is -0.378 e. The maximum atomic E-state index is 12.1. The lowest BCUT2D eigenvalue weighted by Gasteiger charge is -2.15. The number of carbonyl (C=O) groups excluding carboxylic acids is 1. The lowest BCUT2D eigenvalue weighted by atomic mass is 10.0. The van der Waals surface area contributed by atoms with Crippen molar-refractivity contribution < 1.29 is 17.9 Å². The predicted molar refractivity (Wildman–Crippen MR) is 75.0 cm³/mol. The van der Waals surface area contributed by atoms with Crippen LogP contribution in [0.1, 0.15) is 13.3 Å². The van der Waals surface area contributed by atoms with Gasteiger partial charge in [-0.3, -0.25) is 4.79 Å². The Bertz CT molecular complexity index is 632. The van der Waals surface area contributed by atoms with E-state index in [4.69, 9.17) is 21.5 Å². The van der Waals surface area contributed by atoms with Crippen molar-refractivity contribution in [1.82, 2.24) is 0 Å². The molecule has 3 N–H and O–H groups in total. The highest BCUT2D eigenvalue weighted by Crippen LogP contribution is 2.27. The number of anilines is 1. The molecule has 0 bridgehead atoms. The van der Waals surface area contributed by atoms with E-state index in [1.807, 2.05) is 6.92 Å². The number of primary sulfonamides is 1. The highest BCUT2D eigenvalue weighted by atomic mass is 35.5. The predicted octanol–water partition coefficient (Wildman–Crippen LogP) is 1.35. The van der Waals surface area contributed by atoms with Gasteiger partial charge in [-0.1, -0.05) is 11.6 Å². The van der Waals surface area contributed by atoms with E-state index in [1.54, 1.807) is 0 Å². The highest BCUT2D eigenvalue weighted by Gasteiger charge is 2.31. The third-order valence-electron chi connectivity index (χ3n) is 3.24. The third kappa shape index (κ3) is 3.29. The van der Waals surface area contributed by atoms with Crippen molar-refractivity contribution in [2.24, 2.45) is 11.1 Å². The molecule has 0 saturated carbocycles. The van der Waals surface area contributed by atoms with E-state index in [0.717, 1.165) is 0 Å². The van der Waals surface area contributed by atoms with Gasteiger partial charge in [-0.25, -0.2) is 13.6 Å². The molecule has 1 amide bonds. The minimum absolute atomic E-state index is 0.104. The summed E-state index contributed by atoms with van der Waals surface area (Å²) in [6, 6.07) is 3.91. The van der Waals surface area contributed by atoms with Crippen LogP contribution in [0.4, 0.5) is 5.69 Å². The number of amides is 1. The Morgan fingerprint density at radius 1 is 1.50 bits per heavy atom. The number of halogens is 1. The zero-order valence-electron chi connectivity index (χ0n) is 10.8. The summed E-state index contributed by atoms with van der Waals surface area (Å²) in [6.07, 6.45) is 0.453. The van der Waals surface area contributed by atoms with E-state index in [1.165, 1.54) is 18.2 Å². The summed E-state index contributed by atoms with van der Waals surface area (Å²) >= 11 is 5.95. The Balaban J connectivity index is 2.22. The molecule has 20 heavy (non-hydrogen) atoms. The van der Waals surface area contributed by atoms with Crippen molar-refractivity contribution in [3.05, 3.63) is 23.2 Å². The highest BCUT2D eigenvalue weighted by molar-refractivity contribution is 7.89. The second-order valence-electron chi connectivity index (χ2n) is 4.65. The number of nitrogens with two attached hydrogens (primary N) is 1. The molecule has 0 aliphatic carbocycles. The summed E-state index contributed by atoms with van der Waals surface area (Å²) < 4.78 is 27.9. The van der Waals surface area contributed by atoms with E-state index >= 15 is 0 Å². The summed E-state index contributed by atoms with van der Waals surface area (Å²) in [5.41, 5.74) is 0.224. The maximum absolute atomic E-state index is 12.1. The fraction of sp³-hybridized carbons (Fsp3) is 0.417. The third-order valence-corrected chi connectivity index (χ3v) is 4.48. The minimum atomic E-state index is -3.84. The Hall–Kier alpha value is -1.15. The lowest BCUT2D eigenvalue weighted by Crippen LogP contribution is -2.28. The molecule has 8 heteroatoms. The van der Waals surface area contributed by atoms with Gasteiger partial charge in [-0.15, -0.1) is 0 Å². The molecule has 2 atom stereocenters. The van der Waals surface area contributed by atoms with Gasteiger partial charge in [0.2, 0.25) is 15.9 Å². The fourth-order valence-electron chi connectivity index (χ4n) is 2.08. The van der Waals surface area contributed by atoms with Crippen molar-refractivity contribution in [2.75, 3.05) is 11.9 Å². The fourth-order valence-corrected chi connectivity index (χ4v) is 2.78. The summed E-state index contributed by atoms with van der Waals surface area (Å²) in [7, 11) is -3.84. The molecule has 1 fully saturated rings. The van der Waals surface area contributed by atoms with Gasteiger partial charge in [0.05, 0.1) is 27.6 Å². The van der Waals surface area contributed by atoms with Crippen LogP contribution < -0.4 is 10.5 Å². The Morgan fingerprint density at radius 3 is 2.75 bits per heavy atom. The van der Waals surface area contributed by atoms with Crippen LogP contribution in [0.15, 0.2) is 23.1 Å². The number of benzene rings is 1. The van der Waals surface area contributed by atoms with E-state index in [2.05, 4.69) is 5.32 Å². The van der Waals surface area contributed by atoms with Crippen molar-refractivity contribution in [3.63, 3.8) is 0 Å². The van der Waals surface area contributed by atoms with Crippen LogP contribution in [0, 0.1) is 5.92 Å². The van der Waals surface area contributed by atoms with Crippen molar-refractivity contribution >= 4 is 33.2 Å². The zero-order chi connectivity index (χ0) is 14.9. The Kier molecular flexibility index (Phi) is 4.33. The van der Waals surface area contributed by atoms with Crippen LogP contribution in [0.25, 0.3) is 0 Å². The summed E-state index contributed by atoms with van der Waals surface area (Å²) in [5.74, 6) is -0.521. The first-order valence-electron chi connectivity index (χ1n) is 6.04. The quantitative estimate of drug-likeness (QED) is 0.878. The number of ether oxygens (including phenoxy) is 1. The van der Waals surface area contributed by atoms with Gasteiger partial charge >= 0.3 is 0 Å². The van der Waals surface area contributed by atoms with Crippen LogP contribution in [-0.2, 0) is 19.6 Å². The topological polar surface area (TPSA) is 98.5 Å². The van der Waals surface area contributed by atoms with E-state index in [-0.39, 0.29) is 33.5 Å².